The monoisotopic (exact) mass is 310 g/mol. The van der Waals surface area contributed by atoms with E-state index in [-0.39, 0.29) is 6.42 Å². The van der Waals surface area contributed by atoms with Gasteiger partial charge >= 0.3 is 17.9 Å². The first-order valence-corrected chi connectivity index (χ1v) is 7.43. The van der Waals surface area contributed by atoms with Crippen molar-refractivity contribution in [2.75, 3.05) is 0 Å². The maximum Gasteiger partial charge on any atom is 0.315 e. The van der Waals surface area contributed by atoms with Gasteiger partial charge < -0.3 is 15.3 Å². The first-order valence-electron chi connectivity index (χ1n) is 7.43. The summed E-state index contributed by atoms with van der Waals surface area (Å²) >= 11 is 0. The van der Waals surface area contributed by atoms with Gasteiger partial charge in [-0.15, -0.1) is 0 Å². The fourth-order valence-electron chi connectivity index (χ4n) is 2.97. The van der Waals surface area contributed by atoms with E-state index in [2.05, 4.69) is 0 Å². The van der Waals surface area contributed by atoms with Gasteiger partial charge in [-0.25, -0.2) is 0 Å². The molecule has 1 aliphatic carbocycles. The minimum Gasteiger partial charge on any atom is -0.481 e. The van der Waals surface area contributed by atoms with E-state index < -0.39 is 35.2 Å². The number of carboxylic acid groups (broad SMARTS) is 3. The number of hydrogen-bond acceptors (Lipinski definition) is 3. The Balaban J connectivity index is 3.15. The lowest BCUT2D eigenvalue weighted by Gasteiger charge is -2.37. The van der Waals surface area contributed by atoms with E-state index in [1.807, 2.05) is 6.92 Å². The Labute approximate surface area is 129 Å². The zero-order chi connectivity index (χ0) is 16.8. The zero-order valence-corrected chi connectivity index (χ0v) is 12.6. The highest BCUT2D eigenvalue weighted by molar-refractivity contribution is 5.92. The van der Waals surface area contributed by atoms with Crippen molar-refractivity contribution in [1.82, 2.24) is 0 Å². The van der Waals surface area contributed by atoms with E-state index in [1.165, 1.54) is 24.3 Å². The van der Waals surface area contributed by atoms with E-state index in [0.29, 0.717) is 6.42 Å². The standard InChI is InChI=1S/C16H22O6/c1-2-3-4-5-8-11(13(17)18)16(15(21)22)10-7-6-9-12(16)14(19)20/h6-7,9-12H,2-5,8H2,1H3,(H,17,18)(H,19,20)(H,21,22). The lowest BCUT2D eigenvalue weighted by molar-refractivity contribution is -0.167. The van der Waals surface area contributed by atoms with Gasteiger partial charge in [0.15, 0.2) is 0 Å². The molecule has 0 fully saturated rings. The van der Waals surface area contributed by atoms with Crippen molar-refractivity contribution in [1.29, 1.82) is 0 Å². The second-order valence-corrected chi connectivity index (χ2v) is 5.54. The zero-order valence-electron chi connectivity index (χ0n) is 12.6. The fourth-order valence-corrected chi connectivity index (χ4v) is 2.97. The van der Waals surface area contributed by atoms with Crippen molar-refractivity contribution >= 4 is 17.9 Å². The molecule has 0 saturated carbocycles. The van der Waals surface area contributed by atoms with Crippen LogP contribution in [-0.2, 0) is 14.4 Å². The molecular formula is C16H22O6. The van der Waals surface area contributed by atoms with E-state index >= 15 is 0 Å². The molecule has 0 spiro atoms. The molecule has 122 valence electrons. The lowest BCUT2D eigenvalue weighted by Crippen LogP contribution is -2.49. The summed E-state index contributed by atoms with van der Waals surface area (Å²) in [6, 6.07) is 0. The Morgan fingerprint density at radius 1 is 1.09 bits per heavy atom. The van der Waals surface area contributed by atoms with E-state index in [0.717, 1.165) is 19.3 Å². The number of rotatable bonds is 9. The summed E-state index contributed by atoms with van der Waals surface area (Å²) in [5.41, 5.74) is -1.95. The van der Waals surface area contributed by atoms with Crippen LogP contribution in [0.5, 0.6) is 0 Å². The molecule has 3 unspecified atom stereocenters. The average molecular weight is 310 g/mol. The van der Waals surface area contributed by atoms with Crippen LogP contribution >= 0.6 is 0 Å². The molecule has 0 bridgehead atoms. The van der Waals surface area contributed by atoms with Gasteiger partial charge in [-0.3, -0.25) is 14.4 Å². The van der Waals surface area contributed by atoms with Crippen molar-refractivity contribution in [3.05, 3.63) is 24.3 Å². The van der Waals surface area contributed by atoms with Crippen LogP contribution in [0.4, 0.5) is 0 Å². The largest absolute Gasteiger partial charge is 0.481 e. The number of carbonyl (C=O) groups is 3. The van der Waals surface area contributed by atoms with Crippen LogP contribution in [0.2, 0.25) is 0 Å². The minimum absolute atomic E-state index is 0.142. The molecule has 3 atom stereocenters. The smallest absolute Gasteiger partial charge is 0.315 e. The van der Waals surface area contributed by atoms with Crippen molar-refractivity contribution in [3.63, 3.8) is 0 Å². The molecule has 1 aliphatic rings. The highest BCUT2D eigenvalue weighted by Crippen LogP contribution is 2.44. The summed E-state index contributed by atoms with van der Waals surface area (Å²) in [5, 5.41) is 28.4. The molecule has 6 heteroatoms. The molecule has 0 aromatic heterocycles. The Kier molecular flexibility index (Phi) is 6.34. The van der Waals surface area contributed by atoms with Gasteiger partial charge in [0.2, 0.25) is 0 Å². The van der Waals surface area contributed by atoms with Crippen LogP contribution in [0.1, 0.15) is 39.0 Å². The van der Waals surface area contributed by atoms with Crippen LogP contribution in [0.25, 0.3) is 0 Å². The van der Waals surface area contributed by atoms with Crippen LogP contribution in [0.3, 0.4) is 0 Å². The molecule has 0 aromatic carbocycles. The highest BCUT2D eigenvalue weighted by Gasteiger charge is 2.55. The van der Waals surface area contributed by atoms with E-state index in [4.69, 9.17) is 0 Å². The molecule has 0 saturated heterocycles. The Morgan fingerprint density at radius 3 is 2.27 bits per heavy atom. The third kappa shape index (κ3) is 3.55. The SMILES string of the molecule is CCCCCCC(C(=O)O)C1(C(=O)O)C=CC=CC1C(=O)O. The Morgan fingerprint density at radius 2 is 1.77 bits per heavy atom. The number of aliphatic carboxylic acids is 3. The van der Waals surface area contributed by atoms with Gasteiger partial charge in [0.05, 0.1) is 11.8 Å². The molecular weight excluding hydrogens is 288 g/mol. The summed E-state index contributed by atoms with van der Waals surface area (Å²) in [6.07, 6.45) is 8.73. The predicted octanol–water partition coefficient (Wildman–Crippen LogP) is 2.56. The predicted molar refractivity (Wildman–Crippen MR) is 79.4 cm³/mol. The fraction of sp³-hybridized carbons (Fsp3) is 0.562. The van der Waals surface area contributed by atoms with Gasteiger partial charge in [0.1, 0.15) is 5.41 Å². The average Bonchev–Trinajstić information content (AvgIpc) is 2.46. The third-order valence-electron chi connectivity index (χ3n) is 4.16. The van der Waals surface area contributed by atoms with Crippen molar-refractivity contribution in [3.8, 4) is 0 Å². The summed E-state index contributed by atoms with van der Waals surface area (Å²) in [7, 11) is 0. The molecule has 6 nitrogen and oxygen atoms in total. The summed E-state index contributed by atoms with van der Waals surface area (Å²) in [4.78, 5) is 34.9. The molecule has 3 N–H and O–H groups in total. The quantitative estimate of drug-likeness (QED) is 0.564. The molecule has 0 radical (unpaired) electrons. The van der Waals surface area contributed by atoms with Gasteiger partial charge in [0, 0.05) is 0 Å². The molecule has 0 amide bonds. The summed E-state index contributed by atoms with van der Waals surface area (Å²) in [5.74, 6) is -6.68. The summed E-state index contributed by atoms with van der Waals surface area (Å²) < 4.78 is 0. The van der Waals surface area contributed by atoms with Crippen LogP contribution < -0.4 is 0 Å². The Hall–Kier alpha value is -2.11. The molecule has 0 aliphatic heterocycles. The number of carboxylic acids is 3. The second-order valence-electron chi connectivity index (χ2n) is 5.54. The Bertz CT molecular complexity index is 493. The van der Waals surface area contributed by atoms with Crippen LogP contribution in [0, 0.1) is 17.3 Å². The number of hydrogen-bond donors (Lipinski definition) is 3. The third-order valence-corrected chi connectivity index (χ3v) is 4.16. The lowest BCUT2D eigenvalue weighted by atomic mass is 9.63. The van der Waals surface area contributed by atoms with Gasteiger partial charge in [0.25, 0.3) is 0 Å². The van der Waals surface area contributed by atoms with Crippen molar-refractivity contribution in [2.45, 2.75) is 39.0 Å². The van der Waals surface area contributed by atoms with E-state index in [9.17, 15) is 29.7 Å². The van der Waals surface area contributed by atoms with Crippen LogP contribution in [0.15, 0.2) is 24.3 Å². The minimum atomic E-state index is -1.95. The highest BCUT2D eigenvalue weighted by atomic mass is 16.4. The maximum atomic E-state index is 11.8. The summed E-state index contributed by atoms with van der Waals surface area (Å²) in [6.45, 7) is 2.02. The normalized spacial score (nSPS) is 24.9. The van der Waals surface area contributed by atoms with Crippen molar-refractivity contribution < 1.29 is 29.7 Å². The molecule has 0 aromatic rings. The second kappa shape index (κ2) is 7.77. The number of allylic oxidation sites excluding steroid dienone is 2. The van der Waals surface area contributed by atoms with E-state index in [1.54, 1.807) is 0 Å². The first kappa shape index (κ1) is 17.9. The van der Waals surface area contributed by atoms with Crippen LogP contribution in [-0.4, -0.2) is 33.2 Å². The first-order chi connectivity index (χ1) is 10.4. The van der Waals surface area contributed by atoms with Gasteiger partial charge in [-0.2, -0.15) is 0 Å². The topological polar surface area (TPSA) is 112 Å². The van der Waals surface area contributed by atoms with Gasteiger partial charge in [-0.05, 0) is 6.42 Å². The van der Waals surface area contributed by atoms with Gasteiger partial charge in [-0.1, -0.05) is 56.9 Å². The molecule has 0 heterocycles. The van der Waals surface area contributed by atoms with Crippen molar-refractivity contribution in [2.24, 2.45) is 17.3 Å². The molecule has 1 rings (SSSR count). The maximum absolute atomic E-state index is 11.8. The molecule has 22 heavy (non-hydrogen) atoms. The number of unbranched alkanes of at least 4 members (excludes halogenated alkanes) is 3.